The average molecular weight is 288 g/mol. The van der Waals surface area contributed by atoms with E-state index >= 15 is 0 Å². The number of nitrogens with two attached hydrogens (primary N) is 1. The van der Waals surface area contributed by atoms with E-state index in [1.165, 1.54) is 0 Å². The molecule has 5 heteroatoms. The highest BCUT2D eigenvalue weighted by Gasteiger charge is 2.21. The van der Waals surface area contributed by atoms with Gasteiger partial charge >= 0.3 is 0 Å². The Hall–Kier alpha value is -1.85. The van der Waals surface area contributed by atoms with E-state index in [4.69, 9.17) is 10.6 Å². The van der Waals surface area contributed by atoms with E-state index in [-0.39, 0.29) is 6.04 Å². The van der Waals surface area contributed by atoms with Gasteiger partial charge in [0.05, 0.1) is 24.0 Å². The zero-order valence-corrected chi connectivity index (χ0v) is 13.0. The Morgan fingerprint density at radius 1 is 1.33 bits per heavy atom. The Morgan fingerprint density at radius 2 is 2.10 bits per heavy atom. The summed E-state index contributed by atoms with van der Waals surface area (Å²) in [5.74, 6) is 6.69. The molecule has 0 aliphatic carbocycles. The zero-order valence-electron chi connectivity index (χ0n) is 13.0. The molecule has 0 saturated carbocycles. The molecule has 0 fully saturated rings. The van der Waals surface area contributed by atoms with E-state index in [0.717, 1.165) is 35.7 Å². The van der Waals surface area contributed by atoms with Gasteiger partial charge in [0.15, 0.2) is 0 Å². The lowest BCUT2D eigenvalue weighted by Gasteiger charge is -2.20. The Balaban J connectivity index is 2.41. The number of rotatable bonds is 7. The van der Waals surface area contributed by atoms with Crippen molar-refractivity contribution >= 4 is 0 Å². The summed E-state index contributed by atoms with van der Waals surface area (Å²) in [6.07, 6.45) is 0.973. The summed E-state index contributed by atoms with van der Waals surface area (Å²) in [4.78, 5) is 0. The maximum atomic E-state index is 5.85. The fraction of sp³-hybridized carbons (Fsp3) is 0.438. The number of hydrazine groups is 1. The van der Waals surface area contributed by atoms with Gasteiger partial charge in [-0.15, -0.1) is 0 Å². The molecule has 1 heterocycles. The molecular formula is C16H24N4O. The van der Waals surface area contributed by atoms with Crippen molar-refractivity contribution in [3.8, 4) is 5.75 Å². The van der Waals surface area contributed by atoms with Gasteiger partial charge in [0.25, 0.3) is 0 Å². The molecule has 0 aliphatic heterocycles. The van der Waals surface area contributed by atoms with E-state index < -0.39 is 0 Å². The van der Waals surface area contributed by atoms with Gasteiger partial charge in [-0.2, -0.15) is 5.10 Å². The van der Waals surface area contributed by atoms with Gasteiger partial charge < -0.3 is 4.74 Å². The van der Waals surface area contributed by atoms with Crippen LogP contribution in [0.3, 0.4) is 0 Å². The monoisotopic (exact) mass is 288 g/mol. The van der Waals surface area contributed by atoms with Gasteiger partial charge in [-0.05, 0) is 32.4 Å². The number of hydrogen-bond acceptors (Lipinski definition) is 4. The van der Waals surface area contributed by atoms with Crippen LogP contribution in [0, 0.1) is 6.92 Å². The number of aryl methyl sites for hydroxylation is 2. The van der Waals surface area contributed by atoms with Gasteiger partial charge in [-0.25, -0.2) is 5.43 Å². The molecule has 1 atom stereocenters. The summed E-state index contributed by atoms with van der Waals surface area (Å²) in [7, 11) is 0. The van der Waals surface area contributed by atoms with Gasteiger partial charge in [-0.1, -0.05) is 25.1 Å². The van der Waals surface area contributed by atoms with Crippen molar-refractivity contribution in [2.75, 3.05) is 6.61 Å². The van der Waals surface area contributed by atoms with Crippen molar-refractivity contribution in [3.05, 3.63) is 47.3 Å². The van der Waals surface area contributed by atoms with Crippen molar-refractivity contribution in [2.45, 2.75) is 39.8 Å². The minimum absolute atomic E-state index is 0.140. The number of aromatic nitrogens is 2. The first-order valence-electron chi connectivity index (χ1n) is 7.43. The number of nitrogens with one attached hydrogen (secondary N) is 1. The molecule has 2 rings (SSSR count). The minimum atomic E-state index is -0.140. The summed E-state index contributed by atoms with van der Waals surface area (Å²) >= 11 is 0. The van der Waals surface area contributed by atoms with Crippen molar-refractivity contribution < 1.29 is 4.74 Å². The number of nitrogens with zero attached hydrogens (tertiary/aromatic N) is 2. The summed E-state index contributed by atoms with van der Waals surface area (Å²) in [5, 5.41) is 4.50. The summed E-state index contributed by atoms with van der Waals surface area (Å²) in [6, 6.07) is 9.92. The van der Waals surface area contributed by atoms with Crippen LogP contribution in [-0.2, 0) is 6.54 Å². The largest absolute Gasteiger partial charge is 0.493 e. The third-order valence-corrected chi connectivity index (χ3v) is 3.39. The Labute approximate surface area is 126 Å². The van der Waals surface area contributed by atoms with Crippen molar-refractivity contribution in [1.82, 2.24) is 15.2 Å². The summed E-state index contributed by atoms with van der Waals surface area (Å²) in [5.41, 5.74) is 5.96. The maximum absolute atomic E-state index is 5.85. The van der Waals surface area contributed by atoms with Crippen LogP contribution in [0.4, 0.5) is 0 Å². The van der Waals surface area contributed by atoms with Crippen LogP contribution in [0.2, 0.25) is 0 Å². The van der Waals surface area contributed by atoms with Crippen LogP contribution in [0.15, 0.2) is 30.3 Å². The van der Waals surface area contributed by atoms with E-state index in [1.807, 2.05) is 35.9 Å². The highest BCUT2D eigenvalue weighted by Crippen LogP contribution is 2.30. The summed E-state index contributed by atoms with van der Waals surface area (Å²) in [6.45, 7) is 7.65. The highest BCUT2D eigenvalue weighted by atomic mass is 16.5. The third kappa shape index (κ3) is 3.43. The lowest BCUT2D eigenvalue weighted by Crippen LogP contribution is -2.31. The lowest BCUT2D eigenvalue weighted by molar-refractivity contribution is 0.311. The molecule has 0 spiro atoms. The fourth-order valence-corrected chi connectivity index (χ4v) is 2.45. The molecule has 0 radical (unpaired) electrons. The second-order valence-corrected chi connectivity index (χ2v) is 5.01. The first-order chi connectivity index (χ1) is 10.2. The second-order valence-electron chi connectivity index (χ2n) is 5.01. The first-order valence-corrected chi connectivity index (χ1v) is 7.43. The van der Waals surface area contributed by atoms with E-state index in [9.17, 15) is 0 Å². The molecule has 5 nitrogen and oxygen atoms in total. The predicted molar refractivity (Wildman–Crippen MR) is 84.0 cm³/mol. The molecule has 21 heavy (non-hydrogen) atoms. The molecular weight excluding hydrogens is 264 g/mol. The van der Waals surface area contributed by atoms with Crippen LogP contribution in [-0.4, -0.2) is 16.4 Å². The molecule has 2 aromatic rings. The van der Waals surface area contributed by atoms with Crippen LogP contribution in [0.1, 0.15) is 43.3 Å². The zero-order chi connectivity index (χ0) is 15.2. The molecule has 1 aromatic carbocycles. The second kappa shape index (κ2) is 7.24. The Bertz CT molecular complexity index is 579. The number of para-hydroxylation sites is 1. The Morgan fingerprint density at radius 3 is 2.76 bits per heavy atom. The van der Waals surface area contributed by atoms with Gasteiger partial charge in [0.1, 0.15) is 5.75 Å². The smallest absolute Gasteiger partial charge is 0.124 e. The van der Waals surface area contributed by atoms with Gasteiger partial charge in [0, 0.05) is 12.1 Å². The van der Waals surface area contributed by atoms with Crippen molar-refractivity contribution in [1.29, 1.82) is 0 Å². The molecule has 0 aliphatic rings. The van der Waals surface area contributed by atoms with E-state index in [2.05, 4.69) is 30.4 Å². The summed E-state index contributed by atoms with van der Waals surface area (Å²) < 4.78 is 7.81. The molecule has 0 bridgehead atoms. The minimum Gasteiger partial charge on any atom is -0.493 e. The maximum Gasteiger partial charge on any atom is 0.124 e. The molecule has 1 unspecified atom stereocenters. The van der Waals surface area contributed by atoms with Crippen LogP contribution < -0.4 is 16.0 Å². The first kappa shape index (κ1) is 15.5. The van der Waals surface area contributed by atoms with Crippen LogP contribution >= 0.6 is 0 Å². The molecule has 3 N–H and O–H groups in total. The lowest BCUT2D eigenvalue weighted by atomic mass is 10.0. The highest BCUT2D eigenvalue weighted by molar-refractivity contribution is 5.40. The molecule has 114 valence electrons. The predicted octanol–water partition coefficient (Wildman–Crippen LogP) is 2.55. The fourth-order valence-electron chi connectivity index (χ4n) is 2.45. The van der Waals surface area contributed by atoms with E-state index in [1.54, 1.807) is 0 Å². The van der Waals surface area contributed by atoms with Gasteiger partial charge in [0.2, 0.25) is 0 Å². The number of ether oxygens (including phenoxy) is 1. The number of benzene rings is 1. The topological polar surface area (TPSA) is 65.1 Å². The average Bonchev–Trinajstić information content (AvgIpc) is 2.88. The third-order valence-electron chi connectivity index (χ3n) is 3.39. The number of hydrogen-bond donors (Lipinski definition) is 2. The van der Waals surface area contributed by atoms with Crippen molar-refractivity contribution in [3.63, 3.8) is 0 Å². The van der Waals surface area contributed by atoms with Crippen LogP contribution in [0.25, 0.3) is 0 Å². The quantitative estimate of drug-likeness (QED) is 0.607. The van der Waals surface area contributed by atoms with E-state index in [0.29, 0.717) is 6.61 Å². The van der Waals surface area contributed by atoms with Crippen LogP contribution in [0.5, 0.6) is 5.75 Å². The normalized spacial score (nSPS) is 12.4. The molecule has 0 amide bonds. The SMILES string of the molecule is CCCOc1ccccc1C(NN)c1cc(C)nn1CC. The van der Waals surface area contributed by atoms with Gasteiger partial charge in [-0.3, -0.25) is 10.5 Å². The van der Waals surface area contributed by atoms with Crippen molar-refractivity contribution in [2.24, 2.45) is 5.84 Å². The standard InChI is InChI=1S/C16H24N4O/c1-4-10-21-15-9-7-6-8-13(15)16(18-17)14-11-12(3)19-20(14)5-2/h6-9,11,16,18H,4-5,10,17H2,1-3H3. The Kier molecular flexibility index (Phi) is 5.36. The molecule has 1 aromatic heterocycles. The molecule has 0 saturated heterocycles.